The summed E-state index contributed by atoms with van der Waals surface area (Å²) in [6.07, 6.45) is 9.86. The van der Waals surface area contributed by atoms with Gasteiger partial charge in [0.15, 0.2) is 5.75 Å². The zero-order chi connectivity index (χ0) is 22.2. The van der Waals surface area contributed by atoms with E-state index in [4.69, 9.17) is 0 Å². The van der Waals surface area contributed by atoms with Gasteiger partial charge >= 0.3 is 15.6 Å². The van der Waals surface area contributed by atoms with Crippen molar-refractivity contribution < 1.29 is 25.8 Å². The third-order valence-corrected chi connectivity index (χ3v) is 6.65. The van der Waals surface area contributed by atoms with E-state index in [9.17, 15) is 21.6 Å². The SMILES string of the molecule is CCN1CCN(C2C=CC(c3cc4c(OS(=O)(=O)C(F)(F)F)ccnn4c3)=CC2)CC1. The lowest BCUT2D eigenvalue weighted by Crippen LogP contribution is -2.49. The summed E-state index contributed by atoms with van der Waals surface area (Å²) in [5.74, 6) is -0.425. The van der Waals surface area contributed by atoms with Crippen LogP contribution in [0.4, 0.5) is 13.2 Å². The van der Waals surface area contributed by atoms with Gasteiger partial charge in [0.25, 0.3) is 0 Å². The van der Waals surface area contributed by atoms with Crippen LogP contribution in [-0.2, 0) is 10.1 Å². The molecule has 3 heterocycles. The van der Waals surface area contributed by atoms with E-state index in [0.717, 1.165) is 56.3 Å². The molecule has 1 atom stereocenters. The Balaban J connectivity index is 1.51. The number of halogens is 3. The van der Waals surface area contributed by atoms with Crippen molar-refractivity contribution in [3.05, 3.63) is 48.3 Å². The van der Waals surface area contributed by atoms with Gasteiger partial charge in [0.05, 0.1) is 6.20 Å². The van der Waals surface area contributed by atoms with Crippen molar-refractivity contribution in [1.82, 2.24) is 19.4 Å². The number of hydrogen-bond donors (Lipinski definition) is 0. The third kappa shape index (κ3) is 4.48. The quantitative estimate of drug-likeness (QED) is 0.509. The Morgan fingerprint density at radius 2 is 1.97 bits per heavy atom. The van der Waals surface area contributed by atoms with Crippen LogP contribution in [0.15, 0.2) is 42.8 Å². The minimum Gasteiger partial charge on any atom is -0.374 e. The van der Waals surface area contributed by atoms with Crippen LogP contribution in [0.5, 0.6) is 5.75 Å². The fourth-order valence-electron chi connectivity index (χ4n) is 3.89. The van der Waals surface area contributed by atoms with Gasteiger partial charge in [-0.3, -0.25) is 4.90 Å². The first kappa shape index (κ1) is 21.8. The molecule has 168 valence electrons. The number of nitrogens with zero attached hydrogens (tertiary/aromatic N) is 4. The second kappa shape index (κ2) is 8.29. The normalized spacial score (nSPS) is 21.4. The zero-order valence-electron chi connectivity index (χ0n) is 16.9. The standard InChI is InChI=1S/C20H23F3N4O3S/c1-2-25-9-11-26(12-10-25)17-5-3-15(4-6-17)16-13-18-19(7-8-24-27(18)14-16)30-31(28,29)20(21,22)23/h3-5,7-8,13-14,17H,2,6,9-12H2,1H3. The summed E-state index contributed by atoms with van der Waals surface area (Å²) >= 11 is 0. The van der Waals surface area contributed by atoms with Crippen molar-refractivity contribution in [3.63, 3.8) is 0 Å². The topological polar surface area (TPSA) is 67.2 Å². The maximum absolute atomic E-state index is 12.7. The molecule has 0 aromatic carbocycles. The molecule has 1 fully saturated rings. The van der Waals surface area contributed by atoms with Gasteiger partial charge in [-0.15, -0.1) is 0 Å². The van der Waals surface area contributed by atoms with Crippen LogP contribution in [0.2, 0.25) is 0 Å². The van der Waals surface area contributed by atoms with Crippen LogP contribution >= 0.6 is 0 Å². The Labute approximate surface area is 178 Å². The smallest absolute Gasteiger partial charge is 0.374 e. The third-order valence-electron chi connectivity index (χ3n) is 5.69. The second-order valence-corrected chi connectivity index (χ2v) is 9.07. The van der Waals surface area contributed by atoms with Gasteiger partial charge in [-0.2, -0.15) is 26.7 Å². The van der Waals surface area contributed by atoms with Gasteiger partial charge in [0, 0.05) is 50.0 Å². The first-order chi connectivity index (χ1) is 14.7. The number of likely N-dealkylation sites (N-methyl/N-ethyl adjacent to an activating group) is 1. The first-order valence-corrected chi connectivity index (χ1v) is 11.4. The fourth-order valence-corrected chi connectivity index (χ4v) is 4.36. The molecule has 2 aromatic rings. The van der Waals surface area contributed by atoms with Gasteiger partial charge in [-0.05, 0) is 24.6 Å². The lowest BCUT2D eigenvalue weighted by atomic mass is 9.97. The molecule has 0 bridgehead atoms. The maximum atomic E-state index is 12.7. The molecule has 0 spiro atoms. The maximum Gasteiger partial charge on any atom is 0.534 e. The number of alkyl halides is 3. The summed E-state index contributed by atoms with van der Waals surface area (Å²) in [4.78, 5) is 4.87. The lowest BCUT2D eigenvalue weighted by molar-refractivity contribution is -0.0499. The molecule has 31 heavy (non-hydrogen) atoms. The Bertz CT molecular complexity index is 1120. The molecular formula is C20H23F3N4O3S. The molecule has 2 aromatic heterocycles. The van der Waals surface area contributed by atoms with Gasteiger partial charge < -0.3 is 9.08 Å². The zero-order valence-corrected chi connectivity index (χ0v) is 17.7. The Morgan fingerprint density at radius 3 is 2.58 bits per heavy atom. The molecule has 0 amide bonds. The highest BCUT2D eigenvalue weighted by Crippen LogP contribution is 2.32. The predicted molar refractivity (Wildman–Crippen MR) is 110 cm³/mol. The van der Waals surface area contributed by atoms with Crippen LogP contribution in [0.25, 0.3) is 11.1 Å². The fraction of sp³-hybridized carbons (Fsp3) is 0.450. The number of aromatic nitrogens is 2. The van der Waals surface area contributed by atoms with E-state index in [-0.39, 0.29) is 5.52 Å². The monoisotopic (exact) mass is 456 g/mol. The van der Waals surface area contributed by atoms with E-state index in [1.54, 1.807) is 12.3 Å². The number of allylic oxidation sites excluding steroid dienone is 2. The number of fused-ring (bicyclic) bond motifs is 1. The average molecular weight is 456 g/mol. The number of hydrogen-bond acceptors (Lipinski definition) is 6. The van der Waals surface area contributed by atoms with E-state index >= 15 is 0 Å². The second-order valence-electron chi connectivity index (χ2n) is 7.53. The van der Waals surface area contributed by atoms with Crippen molar-refractivity contribution in [2.75, 3.05) is 32.7 Å². The van der Waals surface area contributed by atoms with Crippen molar-refractivity contribution in [2.45, 2.75) is 24.9 Å². The van der Waals surface area contributed by atoms with Crippen LogP contribution in [-0.4, -0.2) is 72.1 Å². The van der Waals surface area contributed by atoms with E-state index in [1.165, 1.54) is 10.7 Å². The molecular weight excluding hydrogens is 433 g/mol. The van der Waals surface area contributed by atoms with Crippen molar-refractivity contribution in [2.24, 2.45) is 0 Å². The molecule has 1 aliphatic heterocycles. The molecule has 11 heteroatoms. The summed E-state index contributed by atoms with van der Waals surface area (Å²) in [6, 6.07) is 2.98. The van der Waals surface area contributed by atoms with Crippen molar-refractivity contribution >= 4 is 21.2 Å². The molecule has 1 saturated heterocycles. The molecule has 7 nitrogen and oxygen atoms in total. The summed E-state index contributed by atoms with van der Waals surface area (Å²) in [6.45, 7) is 7.36. The Kier molecular flexibility index (Phi) is 5.84. The van der Waals surface area contributed by atoms with Crippen LogP contribution < -0.4 is 4.18 Å². The van der Waals surface area contributed by atoms with Gasteiger partial charge in [-0.25, -0.2) is 4.52 Å². The predicted octanol–water partition coefficient (Wildman–Crippen LogP) is 2.91. The number of piperazine rings is 1. The van der Waals surface area contributed by atoms with E-state index < -0.39 is 21.4 Å². The summed E-state index contributed by atoms with van der Waals surface area (Å²) in [5, 5.41) is 4.05. The highest BCUT2D eigenvalue weighted by atomic mass is 32.2. The molecule has 0 saturated carbocycles. The van der Waals surface area contributed by atoms with E-state index in [0.29, 0.717) is 6.04 Å². The molecule has 2 aliphatic rings. The van der Waals surface area contributed by atoms with E-state index in [1.807, 2.05) is 6.08 Å². The van der Waals surface area contributed by atoms with Gasteiger partial charge in [0.2, 0.25) is 0 Å². The van der Waals surface area contributed by atoms with Gasteiger partial charge in [-0.1, -0.05) is 25.2 Å². The molecule has 1 unspecified atom stereocenters. The van der Waals surface area contributed by atoms with Crippen molar-refractivity contribution in [1.29, 1.82) is 0 Å². The molecule has 4 rings (SSSR count). The van der Waals surface area contributed by atoms with Crippen LogP contribution in [0.1, 0.15) is 18.9 Å². The van der Waals surface area contributed by atoms with Crippen LogP contribution in [0, 0.1) is 0 Å². The average Bonchev–Trinajstić information content (AvgIpc) is 3.18. The minimum absolute atomic E-state index is 0.137. The largest absolute Gasteiger partial charge is 0.534 e. The summed E-state index contributed by atoms with van der Waals surface area (Å²) < 4.78 is 66.5. The van der Waals surface area contributed by atoms with Crippen LogP contribution in [0.3, 0.4) is 0 Å². The Morgan fingerprint density at radius 1 is 1.23 bits per heavy atom. The molecule has 1 aliphatic carbocycles. The van der Waals surface area contributed by atoms with E-state index in [2.05, 4.69) is 38.2 Å². The minimum atomic E-state index is -5.76. The lowest BCUT2D eigenvalue weighted by Gasteiger charge is -2.38. The molecule has 0 N–H and O–H groups in total. The Hall–Kier alpha value is -2.37. The highest BCUT2D eigenvalue weighted by Gasteiger charge is 2.48. The van der Waals surface area contributed by atoms with Crippen molar-refractivity contribution in [3.8, 4) is 5.75 Å². The summed E-state index contributed by atoms with van der Waals surface area (Å²) in [5.41, 5.74) is -3.75. The summed E-state index contributed by atoms with van der Waals surface area (Å²) in [7, 11) is -5.76. The number of rotatable bonds is 5. The highest BCUT2D eigenvalue weighted by molar-refractivity contribution is 7.88. The first-order valence-electron chi connectivity index (χ1n) is 10.0. The molecule has 0 radical (unpaired) electrons. The van der Waals surface area contributed by atoms with Gasteiger partial charge in [0.1, 0.15) is 5.52 Å².